The van der Waals surface area contributed by atoms with Crippen LogP contribution in [0.5, 0.6) is 0 Å². The first-order valence-corrected chi connectivity index (χ1v) is 4.79. The molecule has 1 aromatic carbocycles. The first kappa shape index (κ1) is 12.0. The molecule has 0 radical (unpaired) electrons. The van der Waals surface area contributed by atoms with E-state index in [1.54, 1.807) is 11.8 Å². The fourth-order valence-electron chi connectivity index (χ4n) is 0.918. The van der Waals surface area contributed by atoms with E-state index < -0.39 is 5.97 Å². The lowest BCUT2D eigenvalue weighted by atomic mass is 10.2. The highest BCUT2D eigenvalue weighted by Crippen LogP contribution is 2.14. The van der Waals surface area contributed by atoms with Gasteiger partial charge in [0.15, 0.2) is 0 Å². The van der Waals surface area contributed by atoms with Gasteiger partial charge in [0.25, 0.3) is 0 Å². The molecule has 0 spiro atoms. The van der Waals surface area contributed by atoms with E-state index in [1.807, 2.05) is 30.5 Å². The summed E-state index contributed by atoms with van der Waals surface area (Å²) in [4.78, 5) is 11.5. The lowest BCUT2D eigenvalue weighted by molar-refractivity contribution is -0.136. The summed E-state index contributed by atoms with van der Waals surface area (Å²) in [6, 6.07) is 7.56. The molecule has 0 heterocycles. The van der Waals surface area contributed by atoms with Gasteiger partial charge >= 0.3 is 5.97 Å². The van der Waals surface area contributed by atoms with Gasteiger partial charge in [-0.15, -0.1) is 11.8 Å². The van der Waals surface area contributed by atoms with Crippen LogP contribution < -0.4 is 0 Å². The summed E-state index contributed by atoms with van der Waals surface area (Å²) >= 11 is 1.65. The molecule has 0 saturated heterocycles. The summed E-state index contributed by atoms with van der Waals surface area (Å²) in [6.45, 7) is 0. The van der Waals surface area contributed by atoms with Crippen molar-refractivity contribution in [3.8, 4) is 0 Å². The van der Waals surface area contributed by atoms with Gasteiger partial charge in [0.05, 0.1) is 6.42 Å². The van der Waals surface area contributed by atoms with Crippen molar-refractivity contribution in [1.29, 1.82) is 0 Å². The van der Waals surface area contributed by atoms with Gasteiger partial charge in [-0.05, 0) is 24.0 Å². The Balaban J connectivity index is 0.00000144. The predicted molar refractivity (Wildman–Crippen MR) is 56.3 cm³/mol. The van der Waals surface area contributed by atoms with Crippen molar-refractivity contribution in [3.05, 3.63) is 29.8 Å². The molecule has 72 valence electrons. The Bertz CT molecular complexity index is 267. The summed E-state index contributed by atoms with van der Waals surface area (Å²) in [6.07, 6.45) is 2.10. The molecule has 0 aliphatic carbocycles. The van der Waals surface area contributed by atoms with Gasteiger partial charge in [0.2, 0.25) is 0 Å². The first-order valence-electron chi connectivity index (χ1n) is 3.57. The summed E-state index contributed by atoms with van der Waals surface area (Å²) in [5, 5.41) is 8.49. The van der Waals surface area contributed by atoms with Crippen LogP contribution in [0, 0.1) is 0 Å². The van der Waals surface area contributed by atoms with Crippen LogP contribution in [0.4, 0.5) is 0 Å². The van der Waals surface area contributed by atoms with E-state index >= 15 is 0 Å². The lowest BCUT2D eigenvalue weighted by Gasteiger charge is -1.98. The number of rotatable bonds is 3. The maximum Gasteiger partial charge on any atom is 0.307 e. The molecule has 0 fully saturated rings. The van der Waals surface area contributed by atoms with Crippen LogP contribution in [-0.4, -0.2) is 17.3 Å². The number of carboxylic acid groups (broad SMARTS) is 1. The maximum absolute atomic E-state index is 10.3. The number of benzene rings is 1. The SMILES string of the molecule is C.CSc1ccc(CC(=O)O)cc1. The summed E-state index contributed by atoms with van der Waals surface area (Å²) < 4.78 is 0. The molecule has 0 atom stereocenters. The minimum absolute atomic E-state index is 0. The zero-order chi connectivity index (χ0) is 8.97. The third-order valence-corrected chi connectivity index (χ3v) is 2.26. The second-order valence-corrected chi connectivity index (χ2v) is 3.30. The number of carboxylic acids is 1. The number of hydrogen-bond donors (Lipinski definition) is 1. The van der Waals surface area contributed by atoms with Crippen LogP contribution in [0.3, 0.4) is 0 Å². The minimum Gasteiger partial charge on any atom is -0.481 e. The van der Waals surface area contributed by atoms with Gasteiger partial charge in [0, 0.05) is 4.90 Å². The van der Waals surface area contributed by atoms with Crippen LogP contribution >= 0.6 is 11.8 Å². The molecule has 0 aromatic heterocycles. The number of carbonyl (C=O) groups is 1. The molecule has 13 heavy (non-hydrogen) atoms. The summed E-state index contributed by atoms with van der Waals surface area (Å²) in [5.41, 5.74) is 0.848. The molecule has 0 aliphatic rings. The van der Waals surface area contributed by atoms with Gasteiger partial charge in [-0.1, -0.05) is 19.6 Å². The zero-order valence-corrected chi connectivity index (χ0v) is 7.60. The Hall–Kier alpha value is -0.960. The number of aliphatic carboxylic acids is 1. The average molecular weight is 198 g/mol. The molecule has 3 heteroatoms. The van der Waals surface area contributed by atoms with Crippen molar-refractivity contribution < 1.29 is 9.90 Å². The maximum atomic E-state index is 10.3. The van der Waals surface area contributed by atoms with Gasteiger partial charge in [-0.3, -0.25) is 4.79 Å². The molecule has 0 bridgehead atoms. The van der Waals surface area contributed by atoms with Crippen molar-refractivity contribution in [3.63, 3.8) is 0 Å². The third-order valence-electron chi connectivity index (χ3n) is 1.51. The highest BCUT2D eigenvalue weighted by molar-refractivity contribution is 7.98. The molecular weight excluding hydrogens is 184 g/mol. The Labute approximate surface area is 83.0 Å². The molecule has 2 nitrogen and oxygen atoms in total. The quantitative estimate of drug-likeness (QED) is 0.759. The topological polar surface area (TPSA) is 37.3 Å². The first-order chi connectivity index (χ1) is 5.72. The number of thioether (sulfide) groups is 1. The van der Waals surface area contributed by atoms with Crippen LogP contribution in [0.15, 0.2) is 29.2 Å². The lowest BCUT2D eigenvalue weighted by Crippen LogP contribution is -1.99. The van der Waals surface area contributed by atoms with E-state index in [1.165, 1.54) is 0 Å². The van der Waals surface area contributed by atoms with Crippen LogP contribution in [-0.2, 0) is 11.2 Å². The van der Waals surface area contributed by atoms with Crippen molar-refractivity contribution >= 4 is 17.7 Å². The Morgan fingerprint density at radius 1 is 1.38 bits per heavy atom. The fourth-order valence-corrected chi connectivity index (χ4v) is 1.33. The molecule has 1 aromatic rings. The minimum atomic E-state index is -0.785. The van der Waals surface area contributed by atoms with Crippen molar-refractivity contribution in [2.45, 2.75) is 18.7 Å². The largest absolute Gasteiger partial charge is 0.481 e. The highest BCUT2D eigenvalue weighted by atomic mass is 32.2. The number of hydrogen-bond acceptors (Lipinski definition) is 2. The molecule has 0 unspecified atom stereocenters. The summed E-state index contributed by atoms with van der Waals surface area (Å²) in [5.74, 6) is -0.785. The van der Waals surface area contributed by atoms with E-state index in [4.69, 9.17) is 5.11 Å². The Morgan fingerprint density at radius 2 is 1.92 bits per heavy atom. The molecule has 0 saturated carbocycles. The van der Waals surface area contributed by atoms with Gasteiger partial charge < -0.3 is 5.11 Å². The van der Waals surface area contributed by atoms with E-state index in [-0.39, 0.29) is 13.8 Å². The second-order valence-electron chi connectivity index (χ2n) is 2.42. The fraction of sp³-hybridized carbons (Fsp3) is 0.300. The van der Waals surface area contributed by atoms with E-state index in [9.17, 15) is 4.79 Å². The van der Waals surface area contributed by atoms with Crippen LogP contribution in [0.2, 0.25) is 0 Å². The van der Waals surface area contributed by atoms with Crippen LogP contribution in [0.1, 0.15) is 13.0 Å². The smallest absolute Gasteiger partial charge is 0.307 e. The molecular formula is C10H14O2S. The Kier molecular flexibility index (Phi) is 5.23. The third kappa shape index (κ3) is 3.99. The predicted octanol–water partition coefficient (Wildman–Crippen LogP) is 2.67. The average Bonchev–Trinajstić information content (AvgIpc) is 2.05. The van der Waals surface area contributed by atoms with E-state index in [0.29, 0.717) is 0 Å². The van der Waals surface area contributed by atoms with Crippen molar-refractivity contribution in [1.82, 2.24) is 0 Å². The van der Waals surface area contributed by atoms with Gasteiger partial charge in [-0.25, -0.2) is 0 Å². The van der Waals surface area contributed by atoms with Gasteiger partial charge in [-0.2, -0.15) is 0 Å². The standard InChI is InChI=1S/C9H10O2S.CH4/c1-12-8-4-2-7(3-5-8)6-9(10)11;/h2-5H,6H2,1H3,(H,10,11);1H4. The molecule has 0 aliphatic heterocycles. The van der Waals surface area contributed by atoms with Crippen molar-refractivity contribution in [2.75, 3.05) is 6.26 Å². The summed E-state index contributed by atoms with van der Waals surface area (Å²) in [7, 11) is 0. The van der Waals surface area contributed by atoms with Crippen molar-refractivity contribution in [2.24, 2.45) is 0 Å². The Morgan fingerprint density at radius 3 is 2.31 bits per heavy atom. The molecule has 1 N–H and O–H groups in total. The monoisotopic (exact) mass is 198 g/mol. The normalized spacial score (nSPS) is 9.00. The van der Waals surface area contributed by atoms with Gasteiger partial charge in [0.1, 0.15) is 0 Å². The highest BCUT2D eigenvalue weighted by Gasteiger charge is 1.98. The molecule has 1 rings (SSSR count). The second kappa shape index (κ2) is 5.65. The van der Waals surface area contributed by atoms with Crippen LogP contribution in [0.25, 0.3) is 0 Å². The zero-order valence-electron chi connectivity index (χ0n) is 6.78. The van der Waals surface area contributed by atoms with E-state index in [0.717, 1.165) is 10.5 Å². The van der Waals surface area contributed by atoms with E-state index in [2.05, 4.69) is 0 Å². The molecule has 0 amide bonds.